The lowest BCUT2D eigenvalue weighted by molar-refractivity contribution is -0.148. The molecule has 1 aliphatic heterocycles. The second kappa shape index (κ2) is 4.91. The van der Waals surface area contributed by atoms with Gasteiger partial charge >= 0.3 is 5.97 Å². The van der Waals surface area contributed by atoms with Crippen LogP contribution in [-0.2, 0) is 19.9 Å². The summed E-state index contributed by atoms with van der Waals surface area (Å²) in [6.45, 7) is 6.02. The number of esters is 1. The number of rotatable bonds is 4. The van der Waals surface area contributed by atoms with Gasteiger partial charge in [0.05, 0.1) is 7.11 Å². The van der Waals surface area contributed by atoms with Gasteiger partial charge in [0.25, 0.3) is 0 Å². The van der Waals surface area contributed by atoms with Gasteiger partial charge in [0.1, 0.15) is 5.60 Å². The van der Waals surface area contributed by atoms with Crippen LogP contribution in [0, 0.1) is 5.92 Å². The number of ether oxygens (including phenoxy) is 2. The standard InChI is InChI=1S/C15H19BrO3/c1-5-14(11-6-8-12(16)9-7-11)15(19-14,10(2)3)13(17)18-4/h6-10H,5H2,1-4H3. The average Bonchev–Trinajstić information content (AvgIpc) is 3.10. The molecule has 3 nitrogen and oxygen atoms in total. The normalized spacial score (nSPS) is 29.4. The van der Waals surface area contributed by atoms with E-state index in [1.165, 1.54) is 7.11 Å². The van der Waals surface area contributed by atoms with Crippen molar-refractivity contribution < 1.29 is 14.3 Å². The van der Waals surface area contributed by atoms with Gasteiger partial charge in [0.2, 0.25) is 5.60 Å². The Bertz CT molecular complexity index is 483. The summed E-state index contributed by atoms with van der Waals surface area (Å²) in [5, 5.41) is 0. The minimum Gasteiger partial charge on any atom is -0.467 e. The zero-order valence-corrected chi connectivity index (χ0v) is 13.3. The quantitative estimate of drug-likeness (QED) is 0.626. The topological polar surface area (TPSA) is 38.8 Å². The van der Waals surface area contributed by atoms with Gasteiger partial charge < -0.3 is 9.47 Å². The lowest BCUT2D eigenvalue weighted by Crippen LogP contribution is -2.38. The van der Waals surface area contributed by atoms with Crippen molar-refractivity contribution in [3.8, 4) is 0 Å². The summed E-state index contributed by atoms with van der Waals surface area (Å²) in [6, 6.07) is 7.94. The Morgan fingerprint density at radius 2 is 1.95 bits per heavy atom. The Kier molecular flexibility index (Phi) is 3.76. The molecule has 0 N–H and O–H groups in total. The highest BCUT2D eigenvalue weighted by atomic mass is 79.9. The highest BCUT2D eigenvalue weighted by Crippen LogP contribution is 2.62. The van der Waals surface area contributed by atoms with E-state index in [1.807, 2.05) is 45.0 Å². The Morgan fingerprint density at radius 1 is 1.37 bits per heavy atom. The number of carbonyl (C=O) groups is 1. The maximum absolute atomic E-state index is 12.2. The highest BCUT2D eigenvalue weighted by Gasteiger charge is 2.76. The van der Waals surface area contributed by atoms with Crippen LogP contribution in [0.25, 0.3) is 0 Å². The second-order valence-corrected chi connectivity index (χ2v) is 6.09. The third-order valence-electron chi connectivity index (χ3n) is 4.00. The Morgan fingerprint density at radius 3 is 2.37 bits per heavy atom. The number of hydrogen-bond acceptors (Lipinski definition) is 3. The van der Waals surface area contributed by atoms with Crippen LogP contribution in [0.4, 0.5) is 0 Å². The van der Waals surface area contributed by atoms with Gasteiger partial charge in [-0.3, -0.25) is 0 Å². The van der Waals surface area contributed by atoms with Gasteiger partial charge in [-0.05, 0) is 30.0 Å². The SMILES string of the molecule is CCC1(c2ccc(Br)cc2)OC1(C(=O)OC)C(C)C. The molecule has 19 heavy (non-hydrogen) atoms. The summed E-state index contributed by atoms with van der Waals surface area (Å²) in [6.07, 6.45) is 0.738. The van der Waals surface area contributed by atoms with E-state index in [1.54, 1.807) is 0 Å². The molecule has 0 saturated carbocycles. The lowest BCUT2D eigenvalue weighted by Gasteiger charge is -2.20. The fraction of sp³-hybridized carbons (Fsp3) is 0.533. The molecular weight excluding hydrogens is 308 g/mol. The molecule has 1 aliphatic rings. The minimum atomic E-state index is -0.857. The first-order valence-electron chi connectivity index (χ1n) is 6.49. The molecule has 0 amide bonds. The van der Waals surface area contributed by atoms with Gasteiger partial charge in [-0.1, -0.05) is 48.8 Å². The lowest BCUT2D eigenvalue weighted by atomic mass is 9.78. The first kappa shape index (κ1) is 14.5. The van der Waals surface area contributed by atoms with E-state index < -0.39 is 11.2 Å². The van der Waals surface area contributed by atoms with E-state index in [-0.39, 0.29) is 11.9 Å². The van der Waals surface area contributed by atoms with Gasteiger partial charge in [0.15, 0.2) is 0 Å². The number of epoxide rings is 1. The molecule has 1 aromatic rings. The third kappa shape index (κ3) is 1.93. The molecule has 2 unspecified atom stereocenters. The summed E-state index contributed by atoms with van der Waals surface area (Å²) >= 11 is 3.42. The van der Waals surface area contributed by atoms with Gasteiger partial charge in [-0.2, -0.15) is 0 Å². The summed E-state index contributed by atoms with van der Waals surface area (Å²) in [7, 11) is 1.41. The van der Waals surface area contributed by atoms with E-state index >= 15 is 0 Å². The van der Waals surface area contributed by atoms with Crippen LogP contribution >= 0.6 is 15.9 Å². The Labute approximate surface area is 122 Å². The predicted octanol–water partition coefficient (Wildman–Crippen LogP) is 3.65. The molecular formula is C15H19BrO3. The maximum Gasteiger partial charge on any atom is 0.341 e. The summed E-state index contributed by atoms with van der Waals surface area (Å²) in [4.78, 5) is 12.2. The zero-order valence-electron chi connectivity index (χ0n) is 11.7. The highest BCUT2D eigenvalue weighted by molar-refractivity contribution is 9.10. The number of carbonyl (C=O) groups excluding carboxylic acids is 1. The van der Waals surface area contributed by atoms with Gasteiger partial charge in [-0.25, -0.2) is 4.79 Å². The monoisotopic (exact) mass is 326 g/mol. The molecule has 0 radical (unpaired) electrons. The maximum atomic E-state index is 12.2. The smallest absolute Gasteiger partial charge is 0.341 e. The van der Waals surface area contributed by atoms with Crippen LogP contribution in [0.15, 0.2) is 28.7 Å². The van der Waals surface area contributed by atoms with E-state index in [0.29, 0.717) is 0 Å². The fourth-order valence-corrected chi connectivity index (χ4v) is 3.22. The van der Waals surface area contributed by atoms with Gasteiger partial charge in [0, 0.05) is 4.47 Å². The molecule has 1 fully saturated rings. The summed E-state index contributed by atoms with van der Waals surface area (Å²) in [5.41, 5.74) is -0.392. The minimum absolute atomic E-state index is 0.0588. The zero-order chi connectivity index (χ0) is 14.3. The van der Waals surface area contributed by atoms with Crippen LogP contribution in [0.5, 0.6) is 0 Å². The van der Waals surface area contributed by atoms with Gasteiger partial charge in [-0.15, -0.1) is 0 Å². The molecule has 0 aromatic heterocycles. The van der Waals surface area contributed by atoms with Crippen LogP contribution in [0.1, 0.15) is 32.8 Å². The van der Waals surface area contributed by atoms with E-state index in [4.69, 9.17) is 9.47 Å². The predicted molar refractivity (Wildman–Crippen MR) is 76.8 cm³/mol. The first-order valence-corrected chi connectivity index (χ1v) is 7.28. The molecule has 0 spiro atoms. The Hall–Kier alpha value is -0.870. The van der Waals surface area contributed by atoms with Crippen molar-refractivity contribution in [3.63, 3.8) is 0 Å². The van der Waals surface area contributed by atoms with E-state index in [2.05, 4.69) is 15.9 Å². The van der Waals surface area contributed by atoms with Crippen molar-refractivity contribution >= 4 is 21.9 Å². The molecule has 1 saturated heterocycles. The van der Waals surface area contributed by atoms with Crippen LogP contribution in [0.3, 0.4) is 0 Å². The number of hydrogen-bond donors (Lipinski definition) is 0. The Balaban J connectivity index is 2.46. The molecule has 1 aromatic carbocycles. The van der Waals surface area contributed by atoms with Crippen LogP contribution in [-0.4, -0.2) is 18.7 Å². The summed E-state index contributed by atoms with van der Waals surface area (Å²) in [5.74, 6) is -0.226. The third-order valence-corrected chi connectivity index (χ3v) is 4.53. The first-order chi connectivity index (χ1) is 8.94. The van der Waals surface area contributed by atoms with Crippen molar-refractivity contribution in [1.82, 2.24) is 0 Å². The molecule has 1 heterocycles. The molecule has 104 valence electrons. The van der Waals surface area contributed by atoms with Crippen molar-refractivity contribution in [3.05, 3.63) is 34.3 Å². The molecule has 0 aliphatic carbocycles. The number of methoxy groups -OCH3 is 1. The van der Waals surface area contributed by atoms with Crippen molar-refractivity contribution in [2.75, 3.05) is 7.11 Å². The van der Waals surface area contributed by atoms with Crippen LogP contribution in [0.2, 0.25) is 0 Å². The van der Waals surface area contributed by atoms with Crippen LogP contribution < -0.4 is 0 Å². The molecule has 2 rings (SSSR count). The average molecular weight is 327 g/mol. The van der Waals surface area contributed by atoms with Crippen molar-refractivity contribution in [2.45, 2.75) is 38.4 Å². The summed E-state index contributed by atoms with van der Waals surface area (Å²) < 4.78 is 12.0. The molecule has 0 bridgehead atoms. The van der Waals surface area contributed by atoms with Crippen molar-refractivity contribution in [1.29, 1.82) is 0 Å². The van der Waals surface area contributed by atoms with E-state index in [9.17, 15) is 4.79 Å². The largest absolute Gasteiger partial charge is 0.467 e. The van der Waals surface area contributed by atoms with Crippen molar-refractivity contribution in [2.24, 2.45) is 5.92 Å². The number of benzene rings is 1. The second-order valence-electron chi connectivity index (χ2n) is 5.17. The number of halogens is 1. The fourth-order valence-electron chi connectivity index (χ4n) is 2.96. The molecule has 2 atom stereocenters. The van der Waals surface area contributed by atoms with E-state index in [0.717, 1.165) is 16.5 Å². The molecule has 4 heteroatoms.